The molecule has 2 heterocycles. The molecular formula is C20H12N2O3. The minimum atomic E-state index is -0.938. The van der Waals surface area contributed by atoms with Gasteiger partial charge in [0.15, 0.2) is 0 Å². The van der Waals surface area contributed by atoms with Crippen LogP contribution in [0.2, 0.25) is 0 Å². The number of nitrogens with zero attached hydrogens (tertiary/aromatic N) is 2. The molecule has 0 N–H and O–H groups in total. The summed E-state index contributed by atoms with van der Waals surface area (Å²) in [7, 11) is 0. The van der Waals surface area contributed by atoms with Gasteiger partial charge in [0.1, 0.15) is 23.6 Å². The quantitative estimate of drug-likeness (QED) is 0.841. The average Bonchev–Trinajstić information content (AvgIpc) is 2.66. The third-order valence-electron chi connectivity index (χ3n) is 3.94. The minimum absolute atomic E-state index is 0.318. The van der Waals surface area contributed by atoms with Gasteiger partial charge in [0.2, 0.25) is 12.6 Å². The van der Waals surface area contributed by atoms with Crippen LogP contribution in [0.4, 0.5) is 0 Å². The van der Waals surface area contributed by atoms with E-state index in [1.807, 2.05) is 36.4 Å². The van der Waals surface area contributed by atoms with Crippen molar-refractivity contribution in [2.45, 2.75) is 12.6 Å². The zero-order valence-corrected chi connectivity index (χ0v) is 13.0. The number of nitriles is 2. The first-order chi connectivity index (χ1) is 12.3. The summed E-state index contributed by atoms with van der Waals surface area (Å²) in [6, 6.07) is 18.9. The molecule has 0 amide bonds. The van der Waals surface area contributed by atoms with Gasteiger partial charge in [-0.1, -0.05) is 36.4 Å². The van der Waals surface area contributed by atoms with Crippen LogP contribution in [0, 0.1) is 22.7 Å². The molecule has 2 unspecified atom stereocenters. The highest BCUT2D eigenvalue weighted by Gasteiger charge is 2.31. The van der Waals surface area contributed by atoms with E-state index in [1.54, 1.807) is 24.3 Å². The summed E-state index contributed by atoms with van der Waals surface area (Å²) in [6.45, 7) is 0. The molecule has 2 aliphatic heterocycles. The smallest absolute Gasteiger partial charge is 0.240 e. The Morgan fingerprint density at radius 3 is 1.60 bits per heavy atom. The Morgan fingerprint density at radius 1 is 0.720 bits per heavy atom. The summed E-state index contributed by atoms with van der Waals surface area (Å²) in [5.74, 6) is 1.23. The Kier molecular flexibility index (Phi) is 3.70. The van der Waals surface area contributed by atoms with Gasteiger partial charge < -0.3 is 9.47 Å². The van der Waals surface area contributed by atoms with Crippen molar-refractivity contribution in [3.63, 3.8) is 0 Å². The molecule has 0 spiro atoms. The van der Waals surface area contributed by atoms with E-state index < -0.39 is 12.6 Å². The van der Waals surface area contributed by atoms with Crippen LogP contribution in [-0.2, 0) is 4.74 Å². The number of para-hydroxylation sites is 2. The average molecular weight is 328 g/mol. The third kappa shape index (κ3) is 2.74. The van der Waals surface area contributed by atoms with Crippen LogP contribution >= 0.6 is 0 Å². The van der Waals surface area contributed by atoms with Gasteiger partial charge in [-0.15, -0.1) is 0 Å². The standard InChI is InChI=1S/C20H12N2O3/c21-11-15-9-13-5-1-3-7-17(13)23-19(15)25-20-16(12-22)10-14-6-2-4-8-18(14)24-20/h1-10,19-20H. The second-order valence-corrected chi connectivity index (χ2v) is 5.53. The van der Waals surface area contributed by atoms with E-state index in [1.165, 1.54) is 0 Å². The zero-order valence-electron chi connectivity index (χ0n) is 13.0. The van der Waals surface area contributed by atoms with Crippen LogP contribution in [0.15, 0.2) is 59.7 Å². The summed E-state index contributed by atoms with van der Waals surface area (Å²) in [4.78, 5) is 0. The first-order valence-corrected chi connectivity index (χ1v) is 7.69. The Bertz CT molecular complexity index is 899. The van der Waals surface area contributed by atoms with Gasteiger partial charge in [-0.2, -0.15) is 10.5 Å². The van der Waals surface area contributed by atoms with E-state index in [2.05, 4.69) is 12.1 Å². The maximum atomic E-state index is 9.40. The number of fused-ring (bicyclic) bond motifs is 2. The van der Waals surface area contributed by atoms with Crippen molar-refractivity contribution < 1.29 is 14.2 Å². The van der Waals surface area contributed by atoms with E-state index in [-0.39, 0.29) is 0 Å². The largest absolute Gasteiger partial charge is 0.459 e. The molecule has 0 aliphatic carbocycles. The SMILES string of the molecule is N#CC1=Cc2ccccc2OC1OC1Oc2ccccc2C=C1C#N. The molecule has 2 aromatic rings. The molecule has 2 aliphatic rings. The van der Waals surface area contributed by atoms with Crippen molar-refractivity contribution in [1.82, 2.24) is 0 Å². The fourth-order valence-electron chi connectivity index (χ4n) is 2.73. The van der Waals surface area contributed by atoms with Gasteiger partial charge in [-0.05, 0) is 24.3 Å². The van der Waals surface area contributed by atoms with E-state index in [9.17, 15) is 10.5 Å². The maximum Gasteiger partial charge on any atom is 0.240 e. The maximum absolute atomic E-state index is 9.40. The van der Waals surface area contributed by atoms with E-state index in [4.69, 9.17) is 14.2 Å². The molecule has 120 valence electrons. The van der Waals surface area contributed by atoms with Crippen molar-refractivity contribution in [1.29, 1.82) is 10.5 Å². The molecule has 0 aromatic heterocycles. The van der Waals surface area contributed by atoms with Gasteiger partial charge >= 0.3 is 0 Å². The van der Waals surface area contributed by atoms with Crippen LogP contribution in [0.25, 0.3) is 12.2 Å². The van der Waals surface area contributed by atoms with Gasteiger partial charge in [-0.25, -0.2) is 0 Å². The summed E-state index contributed by atoms with van der Waals surface area (Å²) < 4.78 is 17.4. The summed E-state index contributed by atoms with van der Waals surface area (Å²) in [5.41, 5.74) is 2.26. The monoisotopic (exact) mass is 328 g/mol. The molecule has 0 saturated heterocycles. The lowest BCUT2D eigenvalue weighted by Crippen LogP contribution is -2.35. The third-order valence-corrected chi connectivity index (χ3v) is 3.94. The van der Waals surface area contributed by atoms with Gasteiger partial charge in [0.05, 0.1) is 11.1 Å². The number of hydrogen-bond donors (Lipinski definition) is 0. The highest BCUT2D eigenvalue weighted by molar-refractivity contribution is 5.67. The fourth-order valence-corrected chi connectivity index (χ4v) is 2.73. The lowest BCUT2D eigenvalue weighted by Gasteiger charge is -2.30. The lowest BCUT2D eigenvalue weighted by molar-refractivity contribution is -0.148. The Labute approximate surface area is 144 Å². The van der Waals surface area contributed by atoms with Crippen molar-refractivity contribution in [2.24, 2.45) is 0 Å². The molecule has 2 aromatic carbocycles. The second-order valence-electron chi connectivity index (χ2n) is 5.53. The summed E-state index contributed by atoms with van der Waals surface area (Å²) in [5, 5.41) is 18.8. The van der Waals surface area contributed by atoms with Crippen LogP contribution in [-0.4, -0.2) is 12.6 Å². The molecule has 0 fully saturated rings. The summed E-state index contributed by atoms with van der Waals surface area (Å²) in [6.07, 6.45) is 1.56. The van der Waals surface area contributed by atoms with Gasteiger partial charge in [0.25, 0.3) is 0 Å². The zero-order chi connectivity index (χ0) is 17.2. The molecule has 2 atom stereocenters. The van der Waals surface area contributed by atoms with Crippen LogP contribution in [0.1, 0.15) is 11.1 Å². The Hall–Kier alpha value is -3.54. The van der Waals surface area contributed by atoms with Crippen LogP contribution < -0.4 is 9.47 Å². The van der Waals surface area contributed by atoms with Gasteiger partial charge in [0, 0.05) is 11.1 Å². The predicted octanol–water partition coefficient (Wildman–Crippen LogP) is 3.65. The Morgan fingerprint density at radius 2 is 1.16 bits per heavy atom. The number of rotatable bonds is 2. The highest BCUT2D eigenvalue weighted by Crippen LogP contribution is 2.34. The second kappa shape index (κ2) is 6.16. The normalized spacial score (nSPS) is 20.4. The molecular weight excluding hydrogens is 316 g/mol. The van der Waals surface area contributed by atoms with E-state index in [0.717, 1.165) is 11.1 Å². The molecule has 5 heteroatoms. The molecule has 25 heavy (non-hydrogen) atoms. The number of benzene rings is 2. The molecule has 0 bridgehead atoms. The van der Waals surface area contributed by atoms with Crippen molar-refractivity contribution in [2.75, 3.05) is 0 Å². The topological polar surface area (TPSA) is 75.3 Å². The molecule has 4 rings (SSSR count). The minimum Gasteiger partial charge on any atom is -0.459 e. The lowest BCUT2D eigenvalue weighted by atomic mass is 10.1. The number of ether oxygens (including phenoxy) is 3. The Balaban J connectivity index is 1.63. The van der Waals surface area contributed by atoms with Crippen molar-refractivity contribution in [3.05, 3.63) is 70.8 Å². The van der Waals surface area contributed by atoms with Crippen molar-refractivity contribution >= 4 is 12.2 Å². The molecule has 0 radical (unpaired) electrons. The van der Waals surface area contributed by atoms with Gasteiger partial charge in [-0.3, -0.25) is 4.74 Å². The van der Waals surface area contributed by atoms with Crippen molar-refractivity contribution in [3.8, 4) is 23.6 Å². The fraction of sp³-hybridized carbons (Fsp3) is 0.100. The number of hydrogen-bond acceptors (Lipinski definition) is 5. The van der Waals surface area contributed by atoms with Crippen LogP contribution in [0.3, 0.4) is 0 Å². The summed E-state index contributed by atoms with van der Waals surface area (Å²) >= 11 is 0. The highest BCUT2D eigenvalue weighted by atomic mass is 16.8. The van der Waals surface area contributed by atoms with E-state index in [0.29, 0.717) is 22.6 Å². The predicted molar refractivity (Wildman–Crippen MR) is 90.0 cm³/mol. The molecule has 5 nitrogen and oxygen atoms in total. The van der Waals surface area contributed by atoms with Crippen LogP contribution in [0.5, 0.6) is 11.5 Å². The molecule has 0 saturated carbocycles. The first-order valence-electron chi connectivity index (χ1n) is 7.69. The van der Waals surface area contributed by atoms with E-state index >= 15 is 0 Å². The first kappa shape index (κ1) is 15.0.